The van der Waals surface area contributed by atoms with Gasteiger partial charge in [0.1, 0.15) is 11.4 Å². The lowest BCUT2D eigenvalue weighted by Gasteiger charge is -2.36. The summed E-state index contributed by atoms with van der Waals surface area (Å²) in [7, 11) is 0. The van der Waals surface area contributed by atoms with Gasteiger partial charge in [-0.1, -0.05) is 18.2 Å². The number of anilines is 1. The maximum atomic E-state index is 13.4. The van der Waals surface area contributed by atoms with E-state index in [-0.39, 0.29) is 11.7 Å². The Hall–Kier alpha value is -3.87. The van der Waals surface area contributed by atoms with E-state index in [0.29, 0.717) is 24.7 Å². The number of carbonyl (C=O) groups excluding carboxylic acids is 1. The number of aromatic nitrogens is 3. The van der Waals surface area contributed by atoms with Crippen molar-refractivity contribution in [1.29, 1.82) is 0 Å². The van der Waals surface area contributed by atoms with E-state index in [1.165, 1.54) is 0 Å². The summed E-state index contributed by atoms with van der Waals surface area (Å²) in [5.41, 5.74) is 2.53. The molecule has 1 aliphatic rings. The van der Waals surface area contributed by atoms with Crippen LogP contribution in [0.5, 0.6) is 5.75 Å². The minimum absolute atomic E-state index is 0.0241. The maximum absolute atomic E-state index is 13.4. The monoisotopic (exact) mass is 399 g/mol. The van der Waals surface area contributed by atoms with Crippen LogP contribution in [0.15, 0.2) is 73.1 Å². The van der Waals surface area contributed by atoms with E-state index in [0.717, 1.165) is 29.7 Å². The first-order valence-electron chi connectivity index (χ1n) is 9.92. The molecule has 1 aliphatic heterocycles. The molecule has 1 N–H and O–H groups in total. The molecule has 1 fully saturated rings. The molecule has 2 aromatic heterocycles. The minimum Gasteiger partial charge on any atom is -0.508 e. The summed E-state index contributed by atoms with van der Waals surface area (Å²) in [6.45, 7) is 2.71. The molecule has 3 heterocycles. The van der Waals surface area contributed by atoms with Crippen LogP contribution in [-0.2, 0) is 0 Å². The fourth-order valence-corrected chi connectivity index (χ4v) is 3.93. The third-order valence-corrected chi connectivity index (χ3v) is 5.46. The highest BCUT2D eigenvalue weighted by molar-refractivity contribution is 5.99. The number of hydrogen-bond acceptors (Lipinski definition) is 5. The lowest BCUT2D eigenvalue weighted by atomic mass is 10.2. The third kappa shape index (κ3) is 3.24. The van der Waals surface area contributed by atoms with Gasteiger partial charge < -0.3 is 14.9 Å². The number of piperazine rings is 1. The van der Waals surface area contributed by atoms with Crippen LogP contribution in [0.25, 0.3) is 16.9 Å². The van der Waals surface area contributed by atoms with E-state index in [1.54, 1.807) is 30.6 Å². The van der Waals surface area contributed by atoms with E-state index in [1.807, 2.05) is 51.9 Å². The van der Waals surface area contributed by atoms with Crippen molar-refractivity contribution < 1.29 is 9.90 Å². The van der Waals surface area contributed by atoms with Gasteiger partial charge in [0.15, 0.2) is 0 Å². The van der Waals surface area contributed by atoms with Gasteiger partial charge in [0, 0.05) is 49.6 Å². The summed E-state index contributed by atoms with van der Waals surface area (Å²) < 4.78 is 1.84. The lowest BCUT2D eigenvalue weighted by Crippen LogP contribution is -2.49. The highest BCUT2D eigenvalue weighted by Crippen LogP contribution is 2.25. The molecule has 7 heteroatoms. The largest absolute Gasteiger partial charge is 0.508 e. The van der Waals surface area contributed by atoms with Crippen LogP contribution in [0.2, 0.25) is 0 Å². The topological polar surface area (TPSA) is 74.5 Å². The van der Waals surface area contributed by atoms with E-state index in [4.69, 9.17) is 0 Å². The molecule has 0 bridgehead atoms. The normalized spacial score (nSPS) is 14.3. The fourth-order valence-electron chi connectivity index (χ4n) is 3.93. The predicted molar refractivity (Wildman–Crippen MR) is 115 cm³/mol. The zero-order valence-corrected chi connectivity index (χ0v) is 16.3. The molecule has 0 atom stereocenters. The maximum Gasteiger partial charge on any atom is 0.271 e. The number of carbonyl (C=O) groups is 1. The molecule has 7 nitrogen and oxygen atoms in total. The zero-order chi connectivity index (χ0) is 20.5. The van der Waals surface area contributed by atoms with Gasteiger partial charge in [-0.3, -0.25) is 9.36 Å². The predicted octanol–water partition coefficient (Wildman–Crippen LogP) is 3.09. The SMILES string of the molecule is O=C(c1cc2ccccc2n1-c1ncccn1)N1CCN(c2ccc(O)cc2)CC1. The number of hydrogen-bond donors (Lipinski definition) is 1. The van der Waals surface area contributed by atoms with Crippen LogP contribution in [-0.4, -0.2) is 56.6 Å². The number of fused-ring (bicyclic) bond motifs is 1. The smallest absolute Gasteiger partial charge is 0.271 e. The number of aromatic hydroxyl groups is 1. The van der Waals surface area contributed by atoms with Gasteiger partial charge in [-0.25, -0.2) is 9.97 Å². The van der Waals surface area contributed by atoms with Crippen LogP contribution in [0.4, 0.5) is 5.69 Å². The Labute approximate surface area is 173 Å². The molecule has 0 spiro atoms. The second kappa shape index (κ2) is 7.51. The number of phenolic OH excluding ortho intramolecular Hbond substituents is 1. The summed E-state index contributed by atoms with van der Waals surface area (Å²) in [6, 6.07) is 18.7. The Balaban J connectivity index is 1.42. The number of phenols is 1. The second-order valence-corrected chi connectivity index (χ2v) is 7.27. The highest BCUT2D eigenvalue weighted by atomic mass is 16.3. The highest BCUT2D eigenvalue weighted by Gasteiger charge is 2.26. The third-order valence-electron chi connectivity index (χ3n) is 5.46. The van der Waals surface area contributed by atoms with Crippen molar-refractivity contribution in [3.05, 3.63) is 78.8 Å². The Morgan fingerprint density at radius 3 is 2.30 bits per heavy atom. The Bertz CT molecular complexity index is 1180. The number of nitrogens with zero attached hydrogens (tertiary/aromatic N) is 5. The van der Waals surface area contributed by atoms with Crippen molar-refractivity contribution in [2.75, 3.05) is 31.1 Å². The molecular weight excluding hydrogens is 378 g/mol. The molecule has 150 valence electrons. The molecule has 1 amide bonds. The number of rotatable bonds is 3. The van der Waals surface area contributed by atoms with E-state index in [2.05, 4.69) is 14.9 Å². The van der Waals surface area contributed by atoms with E-state index < -0.39 is 0 Å². The number of para-hydroxylation sites is 1. The molecule has 0 radical (unpaired) electrons. The van der Waals surface area contributed by atoms with Gasteiger partial charge in [-0.2, -0.15) is 0 Å². The van der Waals surface area contributed by atoms with Crippen LogP contribution < -0.4 is 4.90 Å². The van der Waals surface area contributed by atoms with Crippen molar-refractivity contribution in [3.63, 3.8) is 0 Å². The van der Waals surface area contributed by atoms with Crippen molar-refractivity contribution >= 4 is 22.5 Å². The number of benzene rings is 2. The summed E-state index contributed by atoms with van der Waals surface area (Å²) in [6.07, 6.45) is 3.36. The van der Waals surface area contributed by atoms with Gasteiger partial charge in [0.2, 0.25) is 5.95 Å². The van der Waals surface area contributed by atoms with Crippen molar-refractivity contribution in [3.8, 4) is 11.7 Å². The molecule has 0 unspecified atom stereocenters. The molecule has 0 aliphatic carbocycles. The van der Waals surface area contributed by atoms with Gasteiger partial charge >= 0.3 is 0 Å². The first-order chi connectivity index (χ1) is 14.7. The van der Waals surface area contributed by atoms with Crippen molar-refractivity contribution in [1.82, 2.24) is 19.4 Å². The summed E-state index contributed by atoms with van der Waals surface area (Å²) >= 11 is 0. The first kappa shape index (κ1) is 18.2. The van der Waals surface area contributed by atoms with E-state index in [9.17, 15) is 9.90 Å². The van der Waals surface area contributed by atoms with E-state index >= 15 is 0 Å². The summed E-state index contributed by atoms with van der Waals surface area (Å²) in [5.74, 6) is 0.720. The average molecular weight is 399 g/mol. The first-order valence-corrected chi connectivity index (χ1v) is 9.92. The summed E-state index contributed by atoms with van der Waals surface area (Å²) in [4.78, 5) is 26.3. The number of amides is 1. The lowest BCUT2D eigenvalue weighted by molar-refractivity contribution is 0.0739. The average Bonchev–Trinajstić information content (AvgIpc) is 3.19. The Morgan fingerprint density at radius 2 is 1.57 bits per heavy atom. The van der Waals surface area contributed by atoms with Gasteiger partial charge in [0.05, 0.1) is 5.52 Å². The molecular formula is C23H21N5O2. The van der Waals surface area contributed by atoms with Crippen molar-refractivity contribution in [2.45, 2.75) is 0 Å². The van der Waals surface area contributed by atoms with Crippen molar-refractivity contribution in [2.24, 2.45) is 0 Å². The molecule has 0 saturated carbocycles. The fraction of sp³-hybridized carbons (Fsp3) is 0.174. The zero-order valence-electron chi connectivity index (χ0n) is 16.3. The Morgan fingerprint density at radius 1 is 0.867 bits per heavy atom. The molecule has 4 aromatic rings. The second-order valence-electron chi connectivity index (χ2n) is 7.27. The minimum atomic E-state index is -0.0241. The quantitative estimate of drug-likeness (QED) is 0.573. The molecule has 1 saturated heterocycles. The molecule has 5 rings (SSSR count). The Kier molecular flexibility index (Phi) is 4.55. The molecule has 30 heavy (non-hydrogen) atoms. The standard InChI is InChI=1S/C23H21N5O2/c29-19-8-6-18(7-9-19)26-12-14-27(15-13-26)22(30)21-16-17-4-1-2-5-20(17)28(21)23-24-10-3-11-25-23/h1-11,16,29H,12-15H2. The van der Waals surface area contributed by atoms with Gasteiger partial charge in [0.25, 0.3) is 5.91 Å². The van der Waals surface area contributed by atoms with Crippen LogP contribution in [0.3, 0.4) is 0 Å². The van der Waals surface area contributed by atoms with Gasteiger partial charge in [-0.15, -0.1) is 0 Å². The van der Waals surface area contributed by atoms with Crippen LogP contribution >= 0.6 is 0 Å². The van der Waals surface area contributed by atoms with Crippen LogP contribution in [0.1, 0.15) is 10.5 Å². The van der Waals surface area contributed by atoms with Gasteiger partial charge in [-0.05, 0) is 42.5 Å². The summed E-state index contributed by atoms with van der Waals surface area (Å²) in [5, 5.41) is 10.5. The van der Waals surface area contributed by atoms with Crippen LogP contribution in [0, 0.1) is 0 Å². The molecule has 2 aromatic carbocycles.